The zero-order valence-corrected chi connectivity index (χ0v) is 20.0. The summed E-state index contributed by atoms with van der Waals surface area (Å²) in [5.41, 5.74) is 0. The quantitative estimate of drug-likeness (QED) is 0.180. The Kier molecular flexibility index (Phi) is 14.7. The molecule has 1 aliphatic rings. The summed E-state index contributed by atoms with van der Waals surface area (Å²) >= 11 is 0. The molecular formula is C21H36IN3O4. The highest BCUT2D eigenvalue weighted by atomic mass is 127. The molecule has 8 heteroatoms. The number of nitrogens with zero attached hydrogens (tertiary/aromatic N) is 1. The molecule has 1 atom stereocenters. The first kappa shape index (κ1) is 25.8. The van der Waals surface area contributed by atoms with E-state index in [1.807, 2.05) is 24.3 Å². The second kappa shape index (κ2) is 16.5. The summed E-state index contributed by atoms with van der Waals surface area (Å²) in [6.07, 6.45) is 2.92. The molecule has 1 aromatic carbocycles. The summed E-state index contributed by atoms with van der Waals surface area (Å²) in [6, 6.07) is 7.64. The lowest BCUT2D eigenvalue weighted by Gasteiger charge is -2.12. The van der Waals surface area contributed by atoms with Crippen LogP contribution in [0.4, 0.5) is 0 Å². The molecule has 2 N–H and O–H groups in total. The molecule has 0 aliphatic carbocycles. The van der Waals surface area contributed by atoms with Crippen LogP contribution in [0.25, 0.3) is 0 Å². The Balaban J connectivity index is 0.00000420. The molecule has 0 spiro atoms. The second-order valence-electron chi connectivity index (χ2n) is 6.73. The average molecular weight is 521 g/mol. The number of guanidine groups is 1. The molecule has 0 amide bonds. The van der Waals surface area contributed by atoms with Crippen molar-refractivity contribution < 1.29 is 18.9 Å². The first-order valence-electron chi connectivity index (χ1n) is 10.3. The third-order valence-corrected chi connectivity index (χ3v) is 4.36. The van der Waals surface area contributed by atoms with Crippen LogP contribution in [-0.2, 0) is 9.47 Å². The lowest BCUT2D eigenvalue weighted by molar-refractivity contribution is 0.0888. The predicted molar refractivity (Wildman–Crippen MR) is 127 cm³/mol. The number of aliphatic imine (C=N–C) groups is 1. The summed E-state index contributed by atoms with van der Waals surface area (Å²) in [4.78, 5) is 4.59. The molecular weight excluding hydrogens is 485 g/mol. The van der Waals surface area contributed by atoms with Gasteiger partial charge in [0.15, 0.2) is 5.96 Å². The van der Waals surface area contributed by atoms with Gasteiger partial charge in [-0.1, -0.05) is 6.07 Å². The minimum Gasteiger partial charge on any atom is -0.497 e. The third-order valence-electron chi connectivity index (χ3n) is 4.36. The van der Waals surface area contributed by atoms with Crippen LogP contribution >= 0.6 is 24.0 Å². The van der Waals surface area contributed by atoms with Crippen LogP contribution in [0.5, 0.6) is 11.5 Å². The highest BCUT2D eigenvalue weighted by Crippen LogP contribution is 2.18. The Morgan fingerprint density at radius 3 is 2.83 bits per heavy atom. The van der Waals surface area contributed by atoms with Crippen molar-refractivity contribution in [2.24, 2.45) is 10.9 Å². The van der Waals surface area contributed by atoms with Gasteiger partial charge in [0.25, 0.3) is 0 Å². The molecule has 2 rings (SSSR count). The molecule has 0 aromatic heterocycles. The van der Waals surface area contributed by atoms with Crippen molar-refractivity contribution in [2.45, 2.75) is 26.2 Å². The Morgan fingerprint density at radius 1 is 1.21 bits per heavy atom. The standard InChI is InChI=1S/C21H35N3O4.HI/c1-3-22-21(23-10-5-12-26-16-18-9-14-27-17-18)24-11-6-13-28-20-8-4-7-19(15-20)25-2;/h4,7-8,15,18H,3,5-6,9-14,16-17H2,1-2H3,(H2,22,23,24);1H. The molecule has 0 radical (unpaired) electrons. The van der Waals surface area contributed by atoms with Gasteiger partial charge in [-0.05, 0) is 31.9 Å². The molecule has 1 saturated heterocycles. The van der Waals surface area contributed by atoms with Crippen molar-refractivity contribution in [2.75, 3.05) is 59.8 Å². The lowest BCUT2D eigenvalue weighted by Crippen LogP contribution is -2.38. The molecule has 1 fully saturated rings. The minimum atomic E-state index is 0. The van der Waals surface area contributed by atoms with E-state index in [-0.39, 0.29) is 24.0 Å². The Labute approximate surface area is 191 Å². The van der Waals surface area contributed by atoms with Gasteiger partial charge in [-0.3, -0.25) is 4.99 Å². The van der Waals surface area contributed by atoms with Crippen LogP contribution in [0.1, 0.15) is 26.2 Å². The number of hydrogen-bond acceptors (Lipinski definition) is 5. The highest BCUT2D eigenvalue weighted by Gasteiger charge is 2.15. The van der Waals surface area contributed by atoms with E-state index in [1.165, 1.54) is 0 Å². The van der Waals surface area contributed by atoms with Gasteiger partial charge in [0.1, 0.15) is 11.5 Å². The van der Waals surface area contributed by atoms with Gasteiger partial charge < -0.3 is 29.6 Å². The van der Waals surface area contributed by atoms with E-state index in [2.05, 4.69) is 22.5 Å². The molecule has 7 nitrogen and oxygen atoms in total. The van der Waals surface area contributed by atoms with Crippen molar-refractivity contribution in [1.29, 1.82) is 0 Å². The van der Waals surface area contributed by atoms with Crippen LogP contribution < -0.4 is 20.1 Å². The van der Waals surface area contributed by atoms with E-state index < -0.39 is 0 Å². The molecule has 0 bridgehead atoms. The Hall–Kier alpha value is -1.26. The number of methoxy groups -OCH3 is 1. The van der Waals surface area contributed by atoms with Gasteiger partial charge >= 0.3 is 0 Å². The maximum absolute atomic E-state index is 5.74. The number of ether oxygens (including phenoxy) is 4. The fourth-order valence-corrected chi connectivity index (χ4v) is 2.82. The summed E-state index contributed by atoms with van der Waals surface area (Å²) in [5, 5.41) is 6.62. The zero-order chi connectivity index (χ0) is 19.9. The van der Waals surface area contributed by atoms with Crippen LogP contribution in [0.2, 0.25) is 0 Å². The van der Waals surface area contributed by atoms with Gasteiger partial charge in [-0.15, -0.1) is 24.0 Å². The first-order chi connectivity index (χ1) is 13.8. The number of halogens is 1. The highest BCUT2D eigenvalue weighted by molar-refractivity contribution is 14.0. The fraction of sp³-hybridized carbons (Fsp3) is 0.667. The monoisotopic (exact) mass is 521 g/mol. The number of benzene rings is 1. The normalized spacial score (nSPS) is 16.2. The predicted octanol–water partition coefficient (Wildman–Crippen LogP) is 3.08. The van der Waals surface area contributed by atoms with E-state index in [4.69, 9.17) is 18.9 Å². The van der Waals surface area contributed by atoms with E-state index in [9.17, 15) is 0 Å². The fourth-order valence-electron chi connectivity index (χ4n) is 2.82. The average Bonchev–Trinajstić information content (AvgIpc) is 3.24. The zero-order valence-electron chi connectivity index (χ0n) is 17.7. The summed E-state index contributed by atoms with van der Waals surface area (Å²) in [7, 11) is 1.65. The summed E-state index contributed by atoms with van der Waals surface area (Å²) < 4.78 is 22.0. The molecule has 29 heavy (non-hydrogen) atoms. The maximum Gasteiger partial charge on any atom is 0.191 e. The van der Waals surface area contributed by atoms with Gasteiger partial charge in [0.05, 0.1) is 26.9 Å². The summed E-state index contributed by atoms with van der Waals surface area (Å²) in [6.45, 7) is 8.36. The van der Waals surface area contributed by atoms with Gasteiger partial charge in [0.2, 0.25) is 0 Å². The van der Waals surface area contributed by atoms with E-state index in [0.717, 1.165) is 76.2 Å². The molecule has 1 aliphatic heterocycles. The van der Waals surface area contributed by atoms with Crippen LogP contribution in [-0.4, -0.2) is 65.7 Å². The van der Waals surface area contributed by atoms with E-state index in [1.54, 1.807) is 7.11 Å². The van der Waals surface area contributed by atoms with E-state index >= 15 is 0 Å². The minimum absolute atomic E-state index is 0. The molecule has 166 valence electrons. The maximum atomic E-state index is 5.74. The molecule has 0 saturated carbocycles. The SMILES string of the molecule is CCNC(=NCCCOc1cccc(OC)c1)NCCCOCC1CCOC1.I. The van der Waals surface area contributed by atoms with Crippen LogP contribution in [0, 0.1) is 5.92 Å². The third kappa shape index (κ3) is 11.5. The number of rotatable bonds is 13. The smallest absolute Gasteiger partial charge is 0.191 e. The Bertz CT molecular complexity index is 569. The van der Waals surface area contributed by atoms with Crippen molar-refractivity contribution in [1.82, 2.24) is 10.6 Å². The van der Waals surface area contributed by atoms with Crippen molar-refractivity contribution in [3.05, 3.63) is 24.3 Å². The topological polar surface area (TPSA) is 73.3 Å². The van der Waals surface area contributed by atoms with Gasteiger partial charge in [0, 0.05) is 51.3 Å². The van der Waals surface area contributed by atoms with Crippen molar-refractivity contribution in [3.8, 4) is 11.5 Å². The number of nitrogens with one attached hydrogen (secondary N) is 2. The molecule has 1 aromatic rings. The Morgan fingerprint density at radius 2 is 2.07 bits per heavy atom. The second-order valence-corrected chi connectivity index (χ2v) is 6.73. The summed E-state index contributed by atoms with van der Waals surface area (Å²) in [5.74, 6) is 3.03. The van der Waals surface area contributed by atoms with Gasteiger partial charge in [-0.2, -0.15) is 0 Å². The first-order valence-corrected chi connectivity index (χ1v) is 10.3. The lowest BCUT2D eigenvalue weighted by atomic mass is 10.1. The number of hydrogen-bond donors (Lipinski definition) is 2. The molecule has 1 heterocycles. The van der Waals surface area contributed by atoms with Crippen molar-refractivity contribution >= 4 is 29.9 Å². The van der Waals surface area contributed by atoms with Crippen LogP contribution in [0.3, 0.4) is 0 Å². The van der Waals surface area contributed by atoms with E-state index in [0.29, 0.717) is 19.1 Å². The van der Waals surface area contributed by atoms with Crippen molar-refractivity contribution in [3.63, 3.8) is 0 Å². The molecule has 1 unspecified atom stereocenters. The van der Waals surface area contributed by atoms with Crippen LogP contribution in [0.15, 0.2) is 29.3 Å². The van der Waals surface area contributed by atoms with Gasteiger partial charge in [-0.25, -0.2) is 0 Å². The largest absolute Gasteiger partial charge is 0.497 e.